The first-order chi connectivity index (χ1) is 11.7. The molecule has 1 aliphatic rings. The molecule has 2 aromatic carbocycles. The van der Waals surface area contributed by atoms with Crippen LogP contribution in [0.1, 0.15) is 35.2 Å². The van der Waals surface area contributed by atoms with E-state index in [1.807, 2.05) is 16.8 Å². The molecule has 0 saturated carbocycles. The third kappa shape index (κ3) is 2.60. The highest BCUT2D eigenvalue weighted by Gasteiger charge is 2.30. The predicted molar refractivity (Wildman–Crippen MR) is 91.1 cm³/mol. The number of aryl methyl sites for hydroxylation is 1. The van der Waals surface area contributed by atoms with Crippen LogP contribution < -0.4 is 10.1 Å². The van der Waals surface area contributed by atoms with E-state index in [1.54, 1.807) is 7.11 Å². The molecule has 0 spiro atoms. The Hall–Kier alpha value is -2.89. The standard InChI is InChI=1S/C18H19N5O/c1-12-3-5-13(6-4-12)16-11-17(23-18(19-16)20-21-22-23)14-7-9-15(24-2)10-8-14/h3-10,16-17H,11H2,1-2H3,(H,19,20,22)/t16-,17+/m1/s1. The topological polar surface area (TPSA) is 64.9 Å². The molecule has 3 aromatic rings. The molecule has 1 N–H and O–H groups in total. The number of anilines is 1. The summed E-state index contributed by atoms with van der Waals surface area (Å²) in [6, 6.07) is 17.0. The molecule has 122 valence electrons. The number of nitrogens with one attached hydrogen (secondary N) is 1. The number of ether oxygens (including phenoxy) is 1. The maximum absolute atomic E-state index is 5.25. The molecule has 2 heterocycles. The highest BCUT2D eigenvalue weighted by atomic mass is 16.5. The van der Waals surface area contributed by atoms with Crippen LogP contribution in [0.5, 0.6) is 5.75 Å². The minimum Gasteiger partial charge on any atom is -0.497 e. The van der Waals surface area contributed by atoms with Crippen molar-refractivity contribution >= 4 is 5.95 Å². The number of nitrogens with zero attached hydrogens (tertiary/aromatic N) is 4. The summed E-state index contributed by atoms with van der Waals surface area (Å²) in [4.78, 5) is 0. The van der Waals surface area contributed by atoms with E-state index in [2.05, 4.69) is 64.2 Å². The van der Waals surface area contributed by atoms with E-state index in [9.17, 15) is 0 Å². The average Bonchev–Trinajstić information content (AvgIpc) is 3.10. The zero-order valence-electron chi connectivity index (χ0n) is 13.7. The molecule has 0 unspecified atom stereocenters. The Morgan fingerprint density at radius 1 is 1.04 bits per heavy atom. The molecule has 0 aliphatic carbocycles. The second-order valence-corrected chi connectivity index (χ2v) is 6.08. The zero-order valence-corrected chi connectivity index (χ0v) is 13.7. The Balaban J connectivity index is 1.69. The molecular formula is C18H19N5O. The fourth-order valence-electron chi connectivity index (χ4n) is 3.16. The van der Waals surface area contributed by atoms with E-state index in [0.717, 1.165) is 12.2 Å². The van der Waals surface area contributed by atoms with Gasteiger partial charge < -0.3 is 10.1 Å². The van der Waals surface area contributed by atoms with Gasteiger partial charge in [0.15, 0.2) is 0 Å². The van der Waals surface area contributed by atoms with Crippen LogP contribution >= 0.6 is 0 Å². The summed E-state index contributed by atoms with van der Waals surface area (Å²) in [5.74, 6) is 1.55. The van der Waals surface area contributed by atoms with Crippen molar-refractivity contribution in [3.63, 3.8) is 0 Å². The highest BCUT2D eigenvalue weighted by Crippen LogP contribution is 2.37. The summed E-state index contributed by atoms with van der Waals surface area (Å²) in [6.45, 7) is 2.10. The minimum absolute atomic E-state index is 0.0912. The molecule has 2 atom stereocenters. The number of hydrogen-bond donors (Lipinski definition) is 1. The highest BCUT2D eigenvalue weighted by molar-refractivity contribution is 5.39. The van der Waals surface area contributed by atoms with Crippen molar-refractivity contribution in [2.45, 2.75) is 25.4 Å². The molecule has 4 rings (SSSR count). The summed E-state index contributed by atoms with van der Waals surface area (Å²) in [5.41, 5.74) is 3.67. The van der Waals surface area contributed by atoms with E-state index < -0.39 is 0 Å². The monoisotopic (exact) mass is 321 g/mol. The SMILES string of the molecule is COc1ccc([C@@H]2C[C@H](c3ccc(C)cc3)Nc3nnnn32)cc1. The van der Waals surface area contributed by atoms with E-state index >= 15 is 0 Å². The van der Waals surface area contributed by atoms with Crippen molar-refractivity contribution in [1.29, 1.82) is 0 Å². The summed E-state index contributed by atoms with van der Waals surface area (Å²) < 4.78 is 7.11. The van der Waals surface area contributed by atoms with Gasteiger partial charge in [0, 0.05) is 0 Å². The molecule has 0 bridgehead atoms. The first kappa shape index (κ1) is 14.7. The van der Waals surface area contributed by atoms with Crippen LogP contribution in [0.4, 0.5) is 5.95 Å². The lowest BCUT2D eigenvalue weighted by atomic mass is 9.93. The van der Waals surface area contributed by atoms with Crippen molar-refractivity contribution in [1.82, 2.24) is 20.2 Å². The van der Waals surface area contributed by atoms with Gasteiger partial charge in [0.1, 0.15) is 5.75 Å². The third-order valence-corrected chi connectivity index (χ3v) is 4.53. The van der Waals surface area contributed by atoms with Crippen LogP contribution in [0.2, 0.25) is 0 Å². The molecule has 0 radical (unpaired) electrons. The van der Waals surface area contributed by atoms with E-state index in [4.69, 9.17) is 4.74 Å². The van der Waals surface area contributed by atoms with E-state index in [1.165, 1.54) is 16.7 Å². The Morgan fingerprint density at radius 2 is 1.75 bits per heavy atom. The Labute approximate surface area is 140 Å². The van der Waals surface area contributed by atoms with Gasteiger partial charge in [-0.1, -0.05) is 47.1 Å². The van der Waals surface area contributed by atoms with Gasteiger partial charge >= 0.3 is 0 Å². The van der Waals surface area contributed by atoms with Gasteiger partial charge in [-0.05, 0) is 47.0 Å². The summed E-state index contributed by atoms with van der Waals surface area (Å²) >= 11 is 0. The molecule has 0 saturated heterocycles. The number of aromatic nitrogens is 4. The summed E-state index contributed by atoms with van der Waals surface area (Å²) in [5, 5.41) is 15.6. The van der Waals surface area contributed by atoms with Crippen LogP contribution in [0.15, 0.2) is 48.5 Å². The van der Waals surface area contributed by atoms with Gasteiger partial charge in [-0.2, -0.15) is 0 Å². The zero-order chi connectivity index (χ0) is 16.5. The lowest BCUT2D eigenvalue weighted by Gasteiger charge is -2.31. The van der Waals surface area contributed by atoms with Gasteiger partial charge in [0.25, 0.3) is 0 Å². The van der Waals surface area contributed by atoms with Gasteiger partial charge in [0.05, 0.1) is 19.2 Å². The van der Waals surface area contributed by atoms with Crippen LogP contribution in [0.25, 0.3) is 0 Å². The normalized spacial score (nSPS) is 19.4. The van der Waals surface area contributed by atoms with Crippen LogP contribution in [-0.4, -0.2) is 27.3 Å². The Morgan fingerprint density at radius 3 is 2.46 bits per heavy atom. The second kappa shape index (κ2) is 5.96. The largest absolute Gasteiger partial charge is 0.497 e. The fraction of sp³-hybridized carbons (Fsp3) is 0.278. The molecule has 24 heavy (non-hydrogen) atoms. The van der Waals surface area contributed by atoms with Crippen LogP contribution in [-0.2, 0) is 0 Å². The van der Waals surface area contributed by atoms with Crippen molar-refractivity contribution in [2.24, 2.45) is 0 Å². The lowest BCUT2D eigenvalue weighted by Crippen LogP contribution is -2.28. The van der Waals surface area contributed by atoms with Crippen LogP contribution in [0.3, 0.4) is 0 Å². The molecule has 1 aromatic heterocycles. The first-order valence-electron chi connectivity index (χ1n) is 7.99. The first-order valence-corrected chi connectivity index (χ1v) is 7.99. The summed E-state index contributed by atoms with van der Waals surface area (Å²) in [7, 11) is 1.67. The third-order valence-electron chi connectivity index (χ3n) is 4.53. The molecular weight excluding hydrogens is 302 g/mol. The second-order valence-electron chi connectivity index (χ2n) is 6.08. The van der Waals surface area contributed by atoms with Gasteiger partial charge in [-0.25, -0.2) is 4.68 Å². The number of hydrogen-bond acceptors (Lipinski definition) is 5. The van der Waals surface area contributed by atoms with Crippen LogP contribution in [0, 0.1) is 6.92 Å². The minimum atomic E-state index is 0.0912. The molecule has 6 nitrogen and oxygen atoms in total. The predicted octanol–water partition coefficient (Wildman–Crippen LogP) is 3.14. The number of benzene rings is 2. The van der Waals surface area contributed by atoms with Crippen molar-refractivity contribution < 1.29 is 4.74 Å². The Bertz CT molecular complexity index is 825. The molecule has 0 fully saturated rings. The lowest BCUT2D eigenvalue weighted by molar-refractivity contribution is 0.410. The Kier molecular flexibility index (Phi) is 3.65. The van der Waals surface area contributed by atoms with Gasteiger partial charge in [-0.3, -0.25) is 0 Å². The number of fused-ring (bicyclic) bond motifs is 1. The number of rotatable bonds is 3. The van der Waals surface area contributed by atoms with Crippen molar-refractivity contribution in [3.05, 3.63) is 65.2 Å². The summed E-state index contributed by atoms with van der Waals surface area (Å²) in [6.07, 6.45) is 0.882. The van der Waals surface area contributed by atoms with E-state index in [-0.39, 0.29) is 12.1 Å². The molecule has 1 aliphatic heterocycles. The number of methoxy groups -OCH3 is 1. The van der Waals surface area contributed by atoms with Gasteiger partial charge in [0.2, 0.25) is 5.95 Å². The maximum Gasteiger partial charge on any atom is 0.243 e. The fourth-order valence-corrected chi connectivity index (χ4v) is 3.16. The van der Waals surface area contributed by atoms with Gasteiger partial charge in [-0.15, -0.1) is 0 Å². The maximum atomic E-state index is 5.25. The van der Waals surface area contributed by atoms with E-state index in [0.29, 0.717) is 5.95 Å². The molecule has 6 heteroatoms. The quantitative estimate of drug-likeness (QED) is 0.803. The van der Waals surface area contributed by atoms with Crippen molar-refractivity contribution in [3.8, 4) is 5.75 Å². The smallest absolute Gasteiger partial charge is 0.243 e. The average molecular weight is 321 g/mol. The number of tetrazole rings is 1. The van der Waals surface area contributed by atoms with Crippen molar-refractivity contribution in [2.75, 3.05) is 12.4 Å². The molecule has 0 amide bonds.